The normalized spacial score (nSPS) is 16.0. The van der Waals surface area contributed by atoms with Gasteiger partial charge < -0.3 is 15.4 Å². The van der Waals surface area contributed by atoms with Crippen molar-refractivity contribution in [3.63, 3.8) is 0 Å². The first-order valence-electron chi connectivity index (χ1n) is 10.0. The number of morpholine rings is 1. The van der Waals surface area contributed by atoms with Gasteiger partial charge in [-0.25, -0.2) is 4.39 Å². The SMILES string of the molecule is CN=C(NCc1nnc2ccccn12)NCC(c1ccc(F)cc1)N1CCOCC1.I. The van der Waals surface area contributed by atoms with E-state index in [-0.39, 0.29) is 35.8 Å². The van der Waals surface area contributed by atoms with Crippen LogP contribution in [-0.2, 0) is 11.3 Å². The molecule has 1 atom stereocenters. The largest absolute Gasteiger partial charge is 0.379 e. The highest BCUT2D eigenvalue weighted by molar-refractivity contribution is 14.0. The molecule has 0 bridgehead atoms. The van der Waals surface area contributed by atoms with Crippen molar-refractivity contribution in [3.05, 3.63) is 65.9 Å². The van der Waals surface area contributed by atoms with Crippen LogP contribution in [0.4, 0.5) is 4.39 Å². The number of aliphatic imine (C=N–C) groups is 1. The average molecular weight is 539 g/mol. The van der Waals surface area contributed by atoms with Gasteiger partial charge in [0.1, 0.15) is 5.82 Å². The van der Waals surface area contributed by atoms with Crippen molar-refractivity contribution in [1.82, 2.24) is 30.1 Å². The fraction of sp³-hybridized carbons (Fsp3) is 0.381. The minimum absolute atomic E-state index is 0. The smallest absolute Gasteiger partial charge is 0.191 e. The number of halogens is 2. The van der Waals surface area contributed by atoms with Gasteiger partial charge in [-0.1, -0.05) is 18.2 Å². The maximum atomic E-state index is 13.4. The Bertz CT molecular complexity index is 989. The Morgan fingerprint density at radius 2 is 1.90 bits per heavy atom. The molecule has 1 aliphatic heterocycles. The van der Waals surface area contributed by atoms with E-state index in [9.17, 15) is 4.39 Å². The number of pyridine rings is 1. The van der Waals surface area contributed by atoms with Crippen molar-refractivity contribution in [2.75, 3.05) is 39.9 Å². The zero-order valence-electron chi connectivity index (χ0n) is 17.4. The molecule has 2 aromatic heterocycles. The van der Waals surface area contributed by atoms with Crippen LogP contribution >= 0.6 is 24.0 Å². The molecule has 1 aromatic carbocycles. The third kappa shape index (κ3) is 5.89. The summed E-state index contributed by atoms with van der Waals surface area (Å²) in [6, 6.07) is 12.6. The molecule has 0 amide bonds. The summed E-state index contributed by atoms with van der Waals surface area (Å²) in [4.78, 5) is 6.68. The first kappa shape index (κ1) is 23.4. The quantitative estimate of drug-likeness (QED) is 0.284. The van der Waals surface area contributed by atoms with E-state index in [1.807, 2.05) is 40.9 Å². The van der Waals surface area contributed by atoms with Gasteiger partial charge in [0.25, 0.3) is 0 Å². The van der Waals surface area contributed by atoms with Gasteiger partial charge in [0.15, 0.2) is 17.4 Å². The van der Waals surface area contributed by atoms with Gasteiger partial charge >= 0.3 is 0 Å². The van der Waals surface area contributed by atoms with Crippen molar-refractivity contribution in [2.24, 2.45) is 4.99 Å². The molecule has 1 saturated heterocycles. The molecule has 8 nitrogen and oxygen atoms in total. The highest BCUT2D eigenvalue weighted by Gasteiger charge is 2.23. The highest BCUT2D eigenvalue weighted by atomic mass is 127. The number of hydrogen-bond acceptors (Lipinski definition) is 5. The van der Waals surface area contributed by atoms with Crippen molar-refractivity contribution in [1.29, 1.82) is 0 Å². The van der Waals surface area contributed by atoms with Crippen LogP contribution in [0.1, 0.15) is 17.4 Å². The molecule has 1 aliphatic rings. The molecule has 1 fully saturated rings. The predicted molar refractivity (Wildman–Crippen MR) is 128 cm³/mol. The summed E-state index contributed by atoms with van der Waals surface area (Å²) in [5, 5.41) is 15.1. The lowest BCUT2D eigenvalue weighted by Crippen LogP contribution is -2.46. The lowest BCUT2D eigenvalue weighted by atomic mass is 10.0. The van der Waals surface area contributed by atoms with Crippen molar-refractivity contribution in [2.45, 2.75) is 12.6 Å². The standard InChI is InChI=1S/C21H26FN7O.HI/c1-23-21(25-15-20-27-26-19-4-2-3-9-29(19)20)24-14-18(28-10-12-30-13-11-28)16-5-7-17(22)8-6-16;/h2-9,18H,10-15H2,1H3,(H2,23,24,25);1H. The number of hydrogen-bond donors (Lipinski definition) is 2. The third-order valence-electron chi connectivity index (χ3n) is 5.23. The van der Waals surface area contributed by atoms with E-state index in [0.717, 1.165) is 30.1 Å². The minimum Gasteiger partial charge on any atom is -0.379 e. The van der Waals surface area contributed by atoms with E-state index in [4.69, 9.17) is 4.74 Å². The second-order valence-corrected chi connectivity index (χ2v) is 7.07. The Balaban J connectivity index is 0.00000272. The maximum absolute atomic E-state index is 13.4. The third-order valence-corrected chi connectivity index (χ3v) is 5.23. The van der Waals surface area contributed by atoms with Crippen LogP contribution in [0.3, 0.4) is 0 Å². The summed E-state index contributed by atoms with van der Waals surface area (Å²) in [6.07, 6.45) is 1.94. The van der Waals surface area contributed by atoms with Gasteiger partial charge in [0.2, 0.25) is 0 Å². The molecule has 0 saturated carbocycles. The number of fused-ring (bicyclic) bond motifs is 1. The van der Waals surface area contributed by atoms with E-state index in [1.165, 1.54) is 12.1 Å². The molecular formula is C21H27FIN7O. The van der Waals surface area contributed by atoms with Gasteiger partial charge in [-0.3, -0.25) is 14.3 Å². The fourth-order valence-corrected chi connectivity index (χ4v) is 3.62. The number of guanidine groups is 1. The monoisotopic (exact) mass is 539 g/mol. The van der Waals surface area contributed by atoms with Crippen LogP contribution in [-0.4, -0.2) is 65.4 Å². The Hall–Kier alpha value is -2.31. The van der Waals surface area contributed by atoms with Gasteiger partial charge in [-0.2, -0.15) is 0 Å². The second-order valence-electron chi connectivity index (χ2n) is 7.07. The molecule has 3 aromatic rings. The molecule has 2 N–H and O–H groups in total. The molecule has 3 heterocycles. The number of ether oxygens (including phenoxy) is 1. The number of aromatic nitrogens is 3. The van der Waals surface area contributed by atoms with Gasteiger partial charge in [0.05, 0.1) is 25.8 Å². The van der Waals surface area contributed by atoms with E-state index in [1.54, 1.807) is 7.05 Å². The molecule has 166 valence electrons. The predicted octanol–water partition coefficient (Wildman–Crippen LogP) is 2.22. The van der Waals surface area contributed by atoms with Crippen molar-refractivity contribution < 1.29 is 9.13 Å². The fourth-order valence-electron chi connectivity index (χ4n) is 3.62. The van der Waals surface area contributed by atoms with E-state index in [2.05, 4.69) is 30.7 Å². The Morgan fingerprint density at radius 3 is 2.65 bits per heavy atom. The zero-order chi connectivity index (χ0) is 20.8. The maximum Gasteiger partial charge on any atom is 0.191 e. The van der Waals surface area contributed by atoms with E-state index < -0.39 is 0 Å². The number of rotatable bonds is 6. The highest BCUT2D eigenvalue weighted by Crippen LogP contribution is 2.21. The molecule has 4 rings (SSSR count). The Kier molecular flexibility index (Phi) is 8.55. The summed E-state index contributed by atoms with van der Waals surface area (Å²) in [6.45, 7) is 4.19. The first-order valence-corrected chi connectivity index (χ1v) is 10.0. The van der Waals surface area contributed by atoms with Crippen LogP contribution in [0.25, 0.3) is 5.65 Å². The summed E-state index contributed by atoms with van der Waals surface area (Å²) in [5.41, 5.74) is 1.87. The van der Waals surface area contributed by atoms with Crippen LogP contribution < -0.4 is 10.6 Å². The molecule has 0 aliphatic carbocycles. The second kappa shape index (κ2) is 11.3. The molecule has 0 radical (unpaired) electrons. The van der Waals surface area contributed by atoms with Gasteiger partial charge in [-0.05, 0) is 29.8 Å². The lowest BCUT2D eigenvalue weighted by molar-refractivity contribution is 0.0170. The van der Waals surface area contributed by atoms with Gasteiger partial charge in [-0.15, -0.1) is 34.2 Å². The van der Waals surface area contributed by atoms with Crippen LogP contribution in [0.2, 0.25) is 0 Å². The van der Waals surface area contributed by atoms with Crippen LogP contribution in [0.5, 0.6) is 0 Å². The summed E-state index contributed by atoms with van der Waals surface area (Å²) in [5.74, 6) is 1.24. The number of benzene rings is 1. The number of nitrogens with zero attached hydrogens (tertiary/aromatic N) is 5. The van der Waals surface area contributed by atoms with E-state index in [0.29, 0.717) is 32.3 Å². The minimum atomic E-state index is -0.231. The molecule has 10 heteroatoms. The lowest BCUT2D eigenvalue weighted by Gasteiger charge is -2.35. The average Bonchev–Trinajstić information content (AvgIpc) is 3.21. The Labute approximate surface area is 197 Å². The molecule has 0 spiro atoms. The topological polar surface area (TPSA) is 79.1 Å². The Morgan fingerprint density at radius 1 is 1.13 bits per heavy atom. The first-order chi connectivity index (χ1) is 14.7. The van der Waals surface area contributed by atoms with Crippen LogP contribution in [0.15, 0.2) is 53.7 Å². The summed E-state index contributed by atoms with van der Waals surface area (Å²) >= 11 is 0. The van der Waals surface area contributed by atoms with Crippen molar-refractivity contribution in [3.8, 4) is 0 Å². The summed E-state index contributed by atoms with van der Waals surface area (Å²) < 4.78 is 20.8. The molecular weight excluding hydrogens is 512 g/mol. The molecule has 31 heavy (non-hydrogen) atoms. The van der Waals surface area contributed by atoms with Crippen molar-refractivity contribution >= 4 is 35.6 Å². The number of nitrogens with one attached hydrogen (secondary N) is 2. The summed E-state index contributed by atoms with van der Waals surface area (Å²) in [7, 11) is 1.74. The van der Waals surface area contributed by atoms with Crippen LogP contribution in [0, 0.1) is 5.82 Å². The molecule has 1 unspecified atom stereocenters. The zero-order valence-corrected chi connectivity index (χ0v) is 19.7. The van der Waals surface area contributed by atoms with Gasteiger partial charge in [0, 0.05) is 32.9 Å². The van der Waals surface area contributed by atoms with E-state index >= 15 is 0 Å².